The van der Waals surface area contributed by atoms with E-state index in [1.54, 1.807) is 18.7 Å². The summed E-state index contributed by atoms with van der Waals surface area (Å²) in [5.41, 5.74) is 0. The van der Waals surface area contributed by atoms with Crippen LogP contribution in [0.2, 0.25) is 0 Å². The van der Waals surface area contributed by atoms with Crippen LogP contribution in [0, 0.1) is 0 Å². The SMILES string of the molecule is O=C(CSc1nncn1C1CC1)NCc1ncc[nH]1. The maximum atomic E-state index is 11.7. The molecule has 0 saturated heterocycles. The second kappa shape index (κ2) is 5.43. The number of aromatic amines is 1. The first kappa shape index (κ1) is 12.2. The predicted octanol–water partition coefficient (Wildman–Crippen LogP) is 0.745. The fraction of sp³-hybridized carbons (Fsp3) is 0.455. The van der Waals surface area contributed by atoms with Crippen LogP contribution in [0.25, 0.3) is 0 Å². The molecule has 0 aromatic carbocycles. The zero-order valence-corrected chi connectivity index (χ0v) is 11.1. The summed E-state index contributed by atoms with van der Waals surface area (Å²) in [6.07, 6.45) is 7.48. The normalized spacial score (nSPS) is 14.5. The van der Waals surface area contributed by atoms with Gasteiger partial charge in [-0.2, -0.15) is 0 Å². The summed E-state index contributed by atoms with van der Waals surface area (Å²) in [5.74, 6) is 1.05. The summed E-state index contributed by atoms with van der Waals surface area (Å²) < 4.78 is 2.05. The highest BCUT2D eigenvalue weighted by atomic mass is 32.2. The molecule has 19 heavy (non-hydrogen) atoms. The fourth-order valence-corrected chi connectivity index (χ4v) is 2.51. The van der Waals surface area contributed by atoms with Crippen molar-refractivity contribution in [3.8, 4) is 0 Å². The molecule has 100 valence electrons. The number of amides is 1. The molecule has 2 aromatic rings. The van der Waals surface area contributed by atoms with E-state index in [9.17, 15) is 4.79 Å². The molecule has 0 aliphatic heterocycles. The van der Waals surface area contributed by atoms with Gasteiger partial charge in [-0.25, -0.2) is 4.98 Å². The number of aromatic nitrogens is 5. The summed E-state index contributed by atoms with van der Waals surface area (Å²) >= 11 is 1.41. The van der Waals surface area contributed by atoms with Gasteiger partial charge in [0.2, 0.25) is 5.91 Å². The third-order valence-corrected chi connectivity index (χ3v) is 3.78. The summed E-state index contributed by atoms with van der Waals surface area (Å²) in [6, 6.07) is 0.531. The molecule has 1 saturated carbocycles. The smallest absolute Gasteiger partial charge is 0.230 e. The van der Waals surface area contributed by atoms with Gasteiger partial charge < -0.3 is 14.9 Å². The van der Waals surface area contributed by atoms with E-state index in [-0.39, 0.29) is 5.91 Å². The van der Waals surface area contributed by atoms with Crippen LogP contribution < -0.4 is 5.32 Å². The van der Waals surface area contributed by atoms with Crippen molar-refractivity contribution in [2.24, 2.45) is 0 Å². The number of nitrogens with one attached hydrogen (secondary N) is 2. The van der Waals surface area contributed by atoms with E-state index in [2.05, 4.69) is 25.5 Å². The van der Waals surface area contributed by atoms with E-state index in [0.717, 1.165) is 11.0 Å². The number of H-pyrrole nitrogens is 1. The lowest BCUT2D eigenvalue weighted by molar-refractivity contribution is -0.118. The van der Waals surface area contributed by atoms with Gasteiger partial charge in [0.25, 0.3) is 0 Å². The van der Waals surface area contributed by atoms with Crippen molar-refractivity contribution in [3.05, 3.63) is 24.5 Å². The maximum Gasteiger partial charge on any atom is 0.230 e. The predicted molar refractivity (Wildman–Crippen MR) is 69.5 cm³/mol. The molecule has 0 unspecified atom stereocenters. The summed E-state index contributed by atoms with van der Waals surface area (Å²) in [5, 5.41) is 11.5. The lowest BCUT2D eigenvalue weighted by Gasteiger charge is -2.04. The van der Waals surface area contributed by atoms with Gasteiger partial charge in [-0.1, -0.05) is 11.8 Å². The molecule has 2 heterocycles. The van der Waals surface area contributed by atoms with Crippen LogP contribution in [0.5, 0.6) is 0 Å². The zero-order valence-electron chi connectivity index (χ0n) is 10.2. The number of hydrogen-bond donors (Lipinski definition) is 2. The van der Waals surface area contributed by atoms with Crippen molar-refractivity contribution < 1.29 is 4.79 Å². The lowest BCUT2D eigenvalue weighted by atomic mass is 10.5. The van der Waals surface area contributed by atoms with Gasteiger partial charge in [0.05, 0.1) is 12.3 Å². The van der Waals surface area contributed by atoms with Gasteiger partial charge in [0.1, 0.15) is 12.2 Å². The van der Waals surface area contributed by atoms with Crippen LogP contribution in [0.4, 0.5) is 0 Å². The van der Waals surface area contributed by atoms with Crippen molar-refractivity contribution in [1.82, 2.24) is 30.0 Å². The molecule has 7 nitrogen and oxygen atoms in total. The van der Waals surface area contributed by atoms with Crippen LogP contribution in [0.3, 0.4) is 0 Å². The second-order valence-electron chi connectivity index (χ2n) is 4.35. The highest BCUT2D eigenvalue weighted by Gasteiger charge is 2.26. The summed E-state index contributed by atoms with van der Waals surface area (Å²) in [7, 11) is 0. The molecule has 8 heteroatoms. The summed E-state index contributed by atoms with van der Waals surface area (Å²) in [6.45, 7) is 0.418. The number of nitrogens with zero attached hydrogens (tertiary/aromatic N) is 4. The minimum atomic E-state index is -0.0354. The maximum absolute atomic E-state index is 11.7. The van der Waals surface area contributed by atoms with E-state index in [4.69, 9.17) is 0 Å². The van der Waals surface area contributed by atoms with Crippen LogP contribution >= 0.6 is 11.8 Å². The Morgan fingerprint density at radius 3 is 3.21 bits per heavy atom. The quantitative estimate of drug-likeness (QED) is 0.761. The van der Waals surface area contributed by atoms with Gasteiger partial charge in [-0.05, 0) is 12.8 Å². The number of thioether (sulfide) groups is 1. The molecule has 2 aromatic heterocycles. The molecule has 0 bridgehead atoms. The lowest BCUT2D eigenvalue weighted by Crippen LogP contribution is -2.25. The van der Waals surface area contributed by atoms with Crippen LogP contribution in [-0.2, 0) is 11.3 Å². The van der Waals surface area contributed by atoms with Gasteiger partial charge in [-0.3, -0.25) is 4.79 Å². The number of carbonyl (C=O) groups is 1. The van der Waals surface area contributed by atoms with E-state index in [1.807, 2.05) is 4.57 Å². The molecule has 2 N–H and O–H groups in total. The molecule has 0 atom stereocenters. The van der Waals surface area contributed by atoms with Crippen molar-refractivity contribution in [2.45, 2.75) is 30.6 Å². The highest BCUT2D eigenvalue weighted by molar-refractivity contribution is 7.99. The Hall–Kier alpha value is -1.83. The van der Waals surface area contributed by atoms with E-state index >= 15 is 0 Å². The van der Waals surface area contributed by atoms with Crippen molar-refractivity contribution in [1.29, 1.82) is 0 Å². The number of rotatable bonds is 6. The zero-order chi connectivity index (χ0) is 13.1. The van der Waals surface area contributed by atoms with E-state index < -0.39 is 0 Å². The van der Waals surface area contributed by atoms with Gasteiger partial charge in [0, 0.05) is 18.4 Å². The van der Waals surface area contributed by atoms with Gasteiger partial charge in [-0.15, -0.1) is 10.2 Å². The van der Waals surface area contributed by atoms with Crippen LogP contribution in [0.1, 0.15) is 24.7 Å². The first-order valence-corrected chi connectivity index (χ1v) is 7.09. The van der Waals surface area contributed by atoms with Crippen LogP contribution in [-0.4, -0.2) is 36.4 Å². The third-order valence-electron chi connectivity index (χ3n) is 2.82. The first-order chi connectivity index (χ1) is 9.33. The molecule has 1 aliphatic rings. The number of hydrogen-bond acceptors (Lipinski definition) is 5. The Morgan fingerprint density at radius 2 is 2.47 bits per heavy atom. The number of carbonyl (C=O) groups excluding carboxylic acids is 1. The largest absolute Gasteiger partial charge is 0.348 e. The Labute approximate surface area is 114 Å². The molecular formula is C11H14N6OS. The molecular weight excluding hydrogens is 264 g/mol. The molecule has 1 aliphatic carbocycles. The first-order valence-electron chi connectivity index (χ1n) is 6.10. The van der Waals surface area contributed by atoms with Crippen molar-refractivity contribution >= 4 is 17.7 Å². The molecule has 0 spiro atoms. The Morgan fingerprint density at radius 1 is 1.58 bits per heavy atom. The minimum absolute atomic E-state index is 0.0354. The number of imidazole rings is 1. The summed E-state index contributed by atoms with van der Waals surface area (Å²) in [4.78, 5) is 18.7. The highest BCUT2D eigenvalue weighted by Crippen LogP contribution is 2.37. The molecule has 1 amide bonds. The molecule has 1 fully saturated rings. The second-order valence-corrected chi connectivity index (χ2v) is 5.30. The molecule has 3 rings (SSSR count). The van der Waals surface area contributed by atoms with E-state index in [0.29, 0.717) is 18.3 Å². The molecule has 0 radical (unpaired) electrons. The fourth-order valence-electron chi connectivity index (χ4n) is 1.70. The van der Waals surface area contributed by atoms with Gasteiger partial charge in [0.15, 0.2) is 5.16 Å². The Bertz CT molecular complexity index is 547. The van der Waals surface area contributed by atoms with Crippen molar-refractivity contribution in [3.63, 3.8) is 0 Å². The van der Waals surface area contributed by atoms with E-state index in [1.165, 1.54) is 24.6 Å². The standard InChI is InChI=1S/C11H14N6OS/c18-10(14-5-9-12-3-4-13-9)6-19-11-16-15-7-17(11)8-1-2-8/h3-4,7-8H,1-2,5-6H2,(H,12,13)(H,14,18). The Balaban J connectivity index is 1.46. The monoisotopic (exact) mass is 278 g/mol. The average molecular weight is 278 g/mol. The Kier molecular flexibility index (Phi) is 3.49. The average Bonchev–Trinajstić information content (AvgIpc) is 2.94. The third kappa shape index (κ3) is 3.14. The van der Waals surface area contributed by atoms with Crippen molar-refractivity contribution in [2.75, 3.05) is 5.75 Å². The topological polar surface area (TPSA) is 88.5 Å². The minimum Gasteiger partial charge on any atom is -0.348 e. The van der Waals surface area contributed by atoms with Crippen LogP contribution in [0.15, 0.2) is 23.9 Å². The van der Waals surface area contributed by atoms with Gasteiger partial charge >= 0.3 is 0 Å².